The maximum absolute atomic E-state index is 13.9. The number of ether oxygens (including phenoxy) is 3. The Kier molecular flexibility index (Phi) is 5.34. The number of nitrogens with zero attached hydrogens (tertiary/aromatic N) is 1. The summed E-state index contributed by atoms with van der Waals surface area (Å²) < 4.78 is 30.9. The molecular formula is C29H22FNO4. The molecule has 0 N–H and O–H groups in total. The van der Waals surface area contributed by atoms with Gasteiger partial charge in [-0.25, -0.2) is 4.39 Å². The Morgan fingerprint density at radius 1 is 0.829 bits per heavy atom. The van der Waals surface area contributed by atoms with Crippen LogP contribution in [0.25, 0.3) is 0 Å². The molecule has 4 aromatic carbocycles. The van der Waals surface area contributed by atoms with Crippen molar-refractivity contribution in [1.82, 2.24) is 0 Å². The number of hydrogen-bond donors (Lipinski definition) is 0. The van der Waals surface area contributed by atoms with E-state index in [-0.39, 0.29) is 18.5 Å². The average Bonchev–Trinajstić information content (AvgIpc) is 3.46. The minimum absolute atomic E-state index is 0.0704. The third kappa shape index (κ3) is 3.97. The fraction of sp³-hybridized carbons (Fsp3) is 0.138. The van der Waals surface area contributed by atoms with Crippen LogP contribution >= 0.6 is 0 Å². The Labute approximate surface area is 202 Å². The minimum Gasteiger partial charge on any atom is -0.488 e. The van der Waals surface area contributed by atoms with E-state index in [1.807, 2.05) is 60.7 Å². The summed E-state index contributed by atoms with van der Waals surface area (Å²) in [4.78, 5) is 15.6. The molecule has 0 aliphatic carbocycles. The van der Waals surface area contributed by atoms with Gasteiger partial charge in [0.15, 0.2) is 11.5 Å². The number of benzene rings is 4. The van der Waals surface area contributed by atoms with E-state index in [9.17, 15) is 9.18 Å². The van der Waals surface area contributed by atoms with Crippen LogP contribution in [0.3, 0.4) is 0 Å². The molecule has 6 heteroatoms. The Bertz CT molecular complexity index is 1390. The molecule has 6 rings (SSSR count). The van der Waals surface area contributed by atoms with Crippen LogP contribution in [0.1, 0.15) is 28.2 Å². The van der Waals surface area contributed by atoms with Crippen molar-refractivity contribution in [1.29, 1.82) is 0 Å². The van der Waals surface area contributed by atoms with Crippen LogP contribution < -0.4 is 19.1 Å². The maximum atomic E-state index is 13.9. The summed E-state index contributed by atoms with van der Waals surface area (Å²) in [5.41, 5.74) is 4.32. The number of halogens is 1. The molecule has 0 radical (unpaired) electrons. The van der Waals surface area contributed by atoms with Crippen LogP contribution in [0, 0.1) is 5.82 Å². The molecule has 0 saturated heterocycles. The van der Waals surface area contributed by atoms with Crippen LogP contribution in [-0.4, -0.2) is 12.7 Å². The van der Waals surface area contributed by atoms with Crippen LogP contribution in [0.2, 0.25) is 0 Å². The predicted octanol–water partition coefficient (Wildman–Crippen LogP) is 5.81. The largest absolute Gasteiger partial charge is 0.488 e. The third-order valence-electron chi connectivity index (χ3n) is 6.36. The highest BCUT2D eigenvalue weighted by molar-refractivity contribution is 6.07. The molecule has 1 atom stereocenters. The minimum atomic E-state index is -0.563. The lowest BCUT2D eigenvalue weighted by Crippen LogP contribution is -2.28. The van der Waals surface area contributed by atoms with Crippen molar-refractivity contribution in [2.24, 2.45) is 0 Å². The quantitative estimate of drug-likeness (QED) is 0.359. The van der Waals surface area contributed by atoms with Gasteiger partial charge in [-0.2, -0.15) is 0 Å². The first kappa shape index (κ1) is 21.2. The molecule has 2 aliphatic rings. The molecule has 0 saturated carbocycles. The van der Waals surface area contributed by atoms with Gasteiger partial charge in [-0.1, -0.05) is 60.7 Å². The Morgan fingerprint density at radius 3 is 2.34 bits per heavy atom. The van der Waals surface area contributed by atoms with Gasteiger partial charge in [0.25, 0.3) is 0 Å². The van der Waals surface area contributed by atoms with E-state index in [0.717, 1.165) is 27.9 Å². The molecule has 2 heterocycles. The second-order valence-corrected chi connectivity index (χ2v) is 8.56. The van der Waals surface area contributed by atoms with Crippen molar-refractivity contribution in [3.05, 3.63) is 119 Å². The van der Waals surface area contributed by atoms with Crippen LogP contribution in [0.5, 0.6) is 17.2 Å². The summed E-state index contributed by atoms with van der Waals surface area (Å²) in [5.74, 6) is 0.828. The van der Waals surface area contributed by atoms with Gasteiger partial charge in [0.2, 0.25) is 12.7 Å². The average molecular weight is 467 g/mol. The van der Waals surface area contributed by atoms with Gasteiger partial charge in [-0.05, 0) is 41.0 Å². The highest BCUT2D eigenvalue weighted by Crippen LogP contribution is 2.48. The van der Waals surface area contributed by atoms with Crippen LogP contribution in [-0.2, 0) is 17.9 Å². The molecule has 35 heavy (non-hydrogen) atoms. The zero-order chi connectivity index (χ0) is 23.8. The topological polar surface area (TPSA) is 48.0 Å². The highest BCUT2D eigenvalue weighted by atomic mass is 19.1. The zero-order valence-electron chi connectivity index (χ0n) is 18.8. The molecule has 0 aromatic heterocycles. The first-order valence-electron chi connectivity index (χ1n) is 11.4. The van der Waals surface area contributed by atoms with E-state index >= 15 is 0 Å². The molecule has 0 fully saturated rings. The first-order chi connectivity index (χ1) is 17.2. The molecule has 1 amide bonds. The van der Waals surface area contributed by atoms with Gasteiger partial charge < -0.3 is 19.1 Å². The second kappa shape index (κ2) is 8.80. The lowest BCUT2D eigenvalue weighted by molar-refractivity contribution is -0.118. The van der Waals surface area contributed by atoms with Gasteiger partial charge in [0.05, 0.1) is 12.5 Å². The zero-order valence-corrected chi connectivity index (χ0v) is 18.8. The molecular weight excluding hydrogens is 445 g/mol. The lowest BCUT2D eigenvalue weighted by Gasteiger charge is -2.20. The molecule has 2 aliphatic heterocycles. The molecule has 0 bridgehead atoms. The van der Waals surface area contributed by atoms with Crippen molar-refractivity contribution in [2.75, 3.05) is 11.7 Å². The summed E-state index contributed by atoms with van der Waals surface area (Å²) in [5, 5.41) is 0. The van der Waals surface area contributed by atoms with Crippen molar-refractivity contribution in [3.8, 4) is 17.2 Å². The number of carbonyl (C=O) groups is 1. The molecule has 5 nitrogen and oxygen atoms in total. The van der Waals surface area contributed by atoms with Gasteiger partial charge >= 0.3 is 0 Å². The van der Waals surface area contributed by atoms with Crippen molar-refractivity contribution >= 4 is 11.6 Å². The van der Waals surface area contributed by atoms with Crippen LogP contribution in [0.15, 0.2) is 91.0 Å². The van der Waals surface area contributed by atoms with Crippen LogP contribution in [0.4, 0.5) is 10.1 Å². The number of hydrogen-bond acceptors (Lipinski definition) is 4. The summed E-state index contributed by atoms with van der Waals surface area (Å²) in [7, 11) is 0. The summed E-state index contributed by atoms with van der Waals surface area (Å²) >= 11 is 0. The number of anilines is 1. The monoisotopic (exact) mass is 467 g/mol. The summed E-state index contributed by atoms with van der Waals surface area (Å²) in [6, 6.07) is 27.5. The van der Waals surface area contributed by atoms with E-state index in [2.05, 4.69) is 0 Å². The van der Waals surface area contributed by atoms with E-state index in [0.29, 0.717) is 30.4 Å². The second-order valence-electron chi connectivity index (χ2n) is 8.56. The molecule has 0 spiro atoms. The number of carbonyl (C=O) groups excluding carboxylic acids is 1. The number of fused-ring (bicyclic) bond motifs is 2. The highest BCUT2D eigenvalue weighted by Gasteiger charge is 2.40. The predicted molar refractivity (Wildman–Crippen MR) is 129 cm³/mol. The van der Waals surface area contributed by atoms with Gasteiger partial charge in [0, 0.05) is 17.3 Å². The fourth-order valence-electron chi connectivity index (χ4n) is 4.65. The Balaban J connectivity index is 1.39. The molecule has 4 aromatic rings. The molecule has 1 unspecified atom stereocenters. The number of amides is 1. The number of para-hydroxylation sites is 1. The van der Waals surface area contributed by atoms with Crippen molar-refractivity contribution in [2.45, 2.75) is 19.1 Å². The van der Waals surface area contributed by atoms with E-state index in [1.165, 1.54) is 12.1 Å². The van der Waals surface area contributed by atoms with E-state index in [4.69, 9.17) is 14.2 Å². The van der Waals surface area contributed by atoms with Crippen molar-refractivity contribution < 1.29 is 23.4 Å². The standard InChI is InChI=1S/C29H22FNO4/c30-21-12-10-19(11-13-21)16-31-24-9-5-4-8-22(24)28(29(31)32)23-14-26-27(35-18-34-26)15-25(23)33-17-20-6-2-1-3-7-20/h1-15,28H,16-18H2. The Morgan fingerprint density at radius 2 is 1.54 bits per heavy atom. The van der Waals surface area contributed by atoms with E-state index < -0.39 is 5.92 Å². The maximum Gasteiger partial charge on any atom is 0.239 e. The fourth-order valence-corrected chi connectivity index (χ4v) is 4.65. The SMILES string of the molecule is O=C1C(c2cc3c(cc2OCc2ccccc2)OCO3)c2ccccc2N1Cc1ccc(F)cc1. The lowest BCUT2D eigenvalue weighted by atomic mass is 9.91. The third-order valence-corrected chi connectivity index (χ3v) is 6.36. The normalized spacial score (nSPS) is 15.9. The van der Waals surface area contributed by atoms with Gasteiger partial charge in [-0.15, -0.1) is 0 Å². The number of rotatable bonds is 6. The van der Waals surface area contributed by atoms with Crippen molar-refractivity contribution in [3.63, 3.8) is 0 Å². The molecule has 174 valence electrons. The van der Waals surface area contributed by atoms with Gasteiger partial charge in [0.1, 0.15) is 18.2 Å². The van der Waals surface area contributed by atoms with Gasteiger partial charge in [-0.3, -0.25) is 4.79 Å². The summed E-state index contributed by atoms with van der Waals surface area (Å²) in [6.45, 7) is 0.829. The van der Waals surface area contributed by atoms with E-state index in [1.54, 1.807) is 23.1 Å². The first-order valence-corrected chi connectivity index (χ1v) is 11.4. The smallest absolute Gasteiger partial charge is 0.239 e. The Hall–Kier alpha value is -4.32. The summed E-state index contributed by atoms with van der Waals surface area (Å²) in [6.07, 6.45) is 0.